The average Bonchev–Trinajstić information content (AvgIpc) is 2.49. The van der Waals surface area contributed by atoms with Gasteiger partial charge >= 0.3 is 0 Å². The van der Waals surface area contributed by atoms with Crippen molar-refractivity contribution in [3.8, 4) is 22.8 Å². The van der Waals surface area contributed by atoms with Gasteiger partial charge in [-0.3, -0.25) is 4.98 Å². The fraction of sp³-hybridized carbons (Fsp3) is 0. The predicted octanol–water partition coefficient (Wildman–Crippen LogP) is 3.52. The molecule has 2 N–H and O–H groups in total. The number of aromatic nitrogens is 2. The summed E-state index contributed by atoms with van der Waals surface area (Å²) in [6.07, 6.45) is 3.02. The van der Waals surface area contributed by atoms with Crippen molar-refractivity contribution in [2.45, 2.75) is 0 Å². The molecule has 3 rings (SSSR count). The summed E-state index contributed by atoms with van der Waals surface area (Å²) >= 11 is 0. The van der Waals surface area contributed by atoms with E-state index in [1.54, 1.807) is 0 Å². The summed E-state index contributed by atoms with van der Waals surface area (Å²) in [5.74, 6) is 1.44. The van der Waals surface area contributed by atoms with Crippen molar-refractivity contribution in [2.75, 3.05) is 5.73 Å². The number of ether oxygens (including phenoxy) is 1. The van der Waals surface area contributed by atoms with Crippen LogP contribution in [0.2, 0.25) is 0 Å². The van der Waals surface area contributed by atoms with Gasteiger partial charge in [-0.25, -0.2) is 0 Å². The van der Waals surface area contributed by atoms with E-state index in [-0.39, 0.29) is 0 Å². The molecule has 0 bridgehead atoms. The number of nitrogens with two attached hydrogens (primary N) is 1. The van der Waals surface area contributed by atoms with Crippen molar-refractivity contribution in [1.29, 1.82) is 0 Å². The van der Waals surface area contributed by atoms with Crippen LogP contribution in [0.5, 0.6) is 11.6 Å². The van der Waals surface area contributed by atoms with Crippen molar-refractivity contribution >= 4 is 5.82 Å². The molecular weight excluding hydrogens is 250 g/mol. The van der Waals surface area contributed by atoms with E-state index in [0.29, 0.717) is 11.7 Å². The second kappa shape index (κ2) is 5.40. The molecule has 0 saturated heterocycles. The molecule has 0 aliphatic heterocycles. The molecule has 2 aromatic carbocycles. The minimum absolute atomic E-state index is 0.333. The molecule has 0 amide bonds. The van der Waals surface area contributed by atoms with Gasteiger partial charge in [0.25, 0.3) is 0 Å². The van der Waals surface area contributed by atoms with Gasteiger partial charge in [0.15, 0.2) is 0 Å². The van der Waals surface area contributed by atoms with E-state index in [1.165, 1.54) is 12.4 Å². The highest BCUT2D eigenvalue weighted by atomic mass is 16.5. The first-order chi connectivity index (χ1) is 9.83. The zero-order valence-corrected chi connectivity index (χ0v) is 10.7. The summed E-state index contributed by atoms with van der Waals surface area (Å²) in [6.45, 7) is 0. The number of nitrogen functional groups attached to an aromatic ring is 1. The number of anilines is 1. The van der Waals surface area contributed by atoms with Crippen LogP contribution in [0, 0.1) is 0 Å². The largest absolute Gasteiger partial charge is 0.437 e. The molecule has 0 saturated carbocycles. The normalized spacial score (nSPS) is 10.2. The number of benzene rings is 2. The van der Waals surface area contributed by atoms with Crippen LogP contribution in [0.15, 0.2) is 67.0 Å². The third kappa shape index (κ3) is 2.59. The Balaban J connectivity index is 1.99. The van der Waals surface area contributed by atoms with Gasteiger partial charge in [0, 0.05) is 5.56 Å². The summed E-state index contributed by atoms with van der Waals surface area (Å²) in [4.78, 5) is 8.07. The minimum Gasteiger partial charge on any atom is -0.437 e. The molecule has 0 fully saturated rings. The van der Waals surface area contributed by atoms with Gasteiger partial charge in [-0.1, -0.05) is 48.5 Å². The van der Waals surface area contributed by atoms with Gasteiger partial charge in [-0.05, 0) is 11.6 Å². The van der Waals surface area contributed by atoms with Gasteiger partial charge in [-0.2, -0.15) is 4.98 Å². The van der Waals surface area contributed by atoms with Crippen molar-refractivity contribution in [1.82, 2.24) is 9.97 Å². The molecule has 0 aliphatic rings. The lowest BCUT2D eigenvalue weighted by Crippen LogP contribution is -1.95. The summed E-state index contributed by atoms with van der Waals surface area (Å²) in [7, 11) is 0. The molecule has 0 unspecified atom stereocenters. The topological polar surface area (TPSA) is 61.0 Å². The smallest absolute Gasteiger partial charge is 0.239 e. The maximum absolute atomic E-state index is 5.79. The molecule has 0 spiro atoms. The Bertz CT molecular complexity index is 714. The number of hydrogen-bond acceptors (Lipinski definition) is 4. The zero-order valence-electron chi connectivity index (χ0n) is 10.7. The Morgan fingerprint density at radius 3 is 2.40 bits per heavy atom. The van der Waals surface area contributed by atoms with Crippen LogP contribution in [0.1, 0.15) is 0 Å². The summed E-state index contributed by atoms with van der Waals surface area (Å²) < 4.78 is 5.79. The third-order valence-electron chi connectivity index (χ3n) is 2.82. The van der Waals surface area contributed by atoms with E-state index < -0.39 is 0 Å². The van der Waals surface area contributed by atoms with Crippen molar-refractivity contribution in [3.05, 3.63) is 67.0 Å². The fourth-order valence-corrected chi connectivity index (χ4v) is 1.94. The van der Waals surface area contributed by atoms with E-state index in [1.807, 2.05) is 54.6 Å². The SMILES string of the molecule is Nc1cncc(Oc2ccccc2-c2ccccc2)n1. The standard InChI is InChI=1S/C16H13N3O/c17-15-10-18-11-16(19-15)20-14-9-5-4-8-13(14)12-6-2-1-3-7-12/h1-11H,(H2,17,19). The van der Waals surface area contributed by atoms with Gasteiger partial charge in [-0.15, -0.1) is 0 Å². The first-order valence-corrected chi connectivity index (χ1v) is 6.23. The molecule has 4 heteroatoms. The Kier molecular flexibility index (Phi) is 3.29. The Morgan fingerprint density at radius 1 is 0.850 bits per heavy atom. The second-order valence-electron chi connectivity index (χ2n) is 4.25. The molecule has 20 heavy (non-hydrogen) atoms. The Hall–Kier alpha value is -2.88. The van der Waals surface area contributed by atoms with Crippen LogP contribution < -0.4 is 10.5 Å². The highest BCUT2D eigenvalue weighted by Gasteiger charge is 2.07. The monoisotopic (exact) mass is 263 g/mol. The molecule has 1 aromatic heterocycles. The van der Waals surface area contributed by atoms with Gasteiger partial charge < -0.3 is 10.5 Å². The lowest BCUT2D eigenvalue weighted by molar-refractivity contribution is 0.463. The predicted molar refractivity (Wildman–Crippen MR) is 78.4 cm³/mol. The molecule has 1 heterocycles. The molecule has 0 radical (unpaired) electrons. The van der Waals surface area contributed by atoms with E-state index >= 15 is 0 Å². The maximum atomic E-state index is 5.79. The molecule has 0 aliphatic carbocycles. The Labute approximate surface area is 116 Å². The fourth-order valence-electron chi connectivity index (χ4n) is 1.94. The van der Waals surface area contributed by atoms with E-state index in [4.69, 9.17) is 10.5 Å². The van der Waals surface area contributed by atoms with Gasteiger partial charge in [0.05, 0.1) is 12.4 Å². The van der Waals surface area contributed by atoms with Crippen LogP contribution in [0.25, 0.3) is 11.1 Å². The van der Waals surface area contributed by atoms with Crippen molar-refractivity contribution in [3.63, 3.8) is 0 Å². The Morgan fingerprint density at radius 2 is 1.60 bits per heavy atom. The molecule has 98 valence electrons. The maximum Gasteiger partial charge on any atom is 0.239 e. The quantitative estimate of drug-likeness (QED) is 0.785. The summed E-state index contributed by atoms with van der Waals surface area (Å²) in [6, 6.07) is 17.8. The highest BCUT2D eigenvalue weighted by Crippen LogP contribution is 2.32. The third-order valence-corrected chi connectivity index (χ3v) is 2.82. The van der Waals surface area contributed by atoms with Crippen LogP contribution in [0.4, 0.5) is 5.82 Å². The average molecular weight is 263 g/mol. The van der Waals surface area contributed by atoms with Crippen molar-refractivity contribution < 1.29 is 4.74 Å². The molecular formula is C16H13N3O. The second-order valence-corrected chi connectivity index (χ2v) is 4.25. The van der Waals surface area contributed by atoms with Crippen molar-refractivity contribution in [2.24, 2.45) is 0 Å². The highest BCUT2D eigenvalue weighted by molar-refractivity contribution is 5.70. The van der Waals surface area contributed by atoms with Gasteiger partial charge in [0.2, 0.25) is 5.88 Å². The van der Waals surface area contributed by atoms with Crippen LogP contribution in [-0.4, -0.2) is 9.97 Å². The zero-order chi connectivity index (χ0) is 13.8. The van der Waals surface area contributed by atoms with Crippen LogP contribution in [0.3, 0.4) is 0 Å². The lowest BCUT2D eigenvalue weighted by atomic mass is 10.1. The van der Waals surface area contributed by atoms with Crippen LogP contribution in [-0.2, 0) is 0 Å². The van der Waals surface area contributed by atoms with E-state index in [2.05, 4.69) is 9.97 Å². The first-order valence-electron chi connectivity index (χ1n) is 6.23. The molecule has 4 nitrogen and oxygen atoms in total. The summed E-state index contributed by atoms with van der Waals surface area (Å²) in [5.41, 5.74) is 7.69. The number of hydrogen-bond donors (Lipinski definition) is 1. The van der Waals surface area contributed by atoms with Gasteiger partial charge in [0.1, 0.15) is 11.6 Å². The van der Waals surface area contributed by atoms with Crippen LogP contribution >= 0.6 is 0 Å². The first kappa shape index (κ1) is 12.2. The van der Waals surface area contributed by atoms with E-state index in [0.717, 1.165) is 16.9 Å². The number of para-hydroxylation sites is 1. The molecule has 3 aromatic rings. The lowest BCUT2D eigenvalue weighted by Gasteiger charge is -2.10. The van der Waals surface area contributed by atoms with E-state index in [9.17, 15) is 0 Å². The number of nitrogens with zero attached hydrogens (tertiary/aromatic N) is 2. The number of rotatable bonds is 3. The molecule has 0 atom stereocenters. The minimum atomic E-state index is 0.333. The summed E-state index contributed by atoms with van der Waals surface area (Å²) in [5, 5.41) is 0.